The van der Waals surface area contributed by atoms with Crippen molar-refractivity contribution >= 4 is 125 Å². The van der Waals surface area contributed by atoms with E-state index in [0.717, 1.165) is 107 Å². The lowest BCUT2D eigenvalue weighted by Gasteiger charge is -2.38. The number of hydrogen-bond donors (Lipinski definition) is 4. The maximum atomic E-state index is 14.7. The average Bonchev–Trinajstić information content (AvgIpc) is 1.21. The molecule has 4 N–H and O–H groups in total. The van der Waals surface area contributed by atoms with Gasteiger partial charge in [0.05, 0.1) is 49.9 Å². The summed E-state index contributed by atoms with van der Waals surface area (Å²) in [4.78, 5) is 102. The van der Waals surface area contributed by atoms with Gasteiger partial charge in [-0.1, -0.05) is 18.7 Å². The van der Waals surface area contributed by atoms with Crippen LogP contribution in [0, 0.1) is 41.5 Å². The fraction of sp³-hybridized carbons (Fsp3) is 0.531. The van der Waals surface area contributed by atoms with Gasteiger partial charge in [-0.2, -0.15) is 70.4 Å². The lowest BCUT2D eigenvalue weighted by molar-refractivity contribution is -0.129. The minimum absolute atomic E-state index is 0. The molecule has 15 heterocycles. The summed E-state index contributed by atoms with van der Waals surface area (Å²) in [5.74, 6) is 0.838. The van der Waals surface area contributed by atoms with Gasteiger partial charge >= 0.3 is 18.0 Å². The quantitative estimate of drug-likeness (QED) is 0.0384. The van der Waals surface area contributed by atoms with E-state index in [1.165, 1.54) is 83.7 Å². The van der Waals surface area contributed by atoms with Crippen molar-refractivity contribution in [2.75, 3.05) is 208 Å². The molecule has 6 fully saturated rings. The number of carbonyl (C=O) groups is 3. The summed E-state index contributed by atoms with van der Waals surface area (Å²) >= 11 is 0. The number of halogens is 4. The number of fused-ring (bicyclic) bond motifs is 6. The third-order valence-corrected chi connectivity index (χ3v) is 27.6. The first-order valence-corrected chi connectivity index (χ1v) is 45.4. The molecule has 6 aromatic heterocycles. The van der Waals surface area contributed by atoms with Gasteiger partial charge in [0.1, 0.15) is 54.3 Å². The van der Waals surface area contributed by atoms with Crippen LogP contribution in [-0.4, -0.2) is 311 Å². The number of nitrogens with zero attached hydrogens (tertiary/aromatic N) is 18. The van der Waals surface area contributed by atoms with Crippen molar-refractivity contribution in [3.8, 4) is 18.0 Å². The number of aliphatic hydroxyl groups is 1. The molecule has 3 aromatic carbocycles. The predicted octanol–water partition coefficient (Wildman–Crippen LogP) is 11.4. The van der Waals surface area contributed by atoms with Gasteiger partial charge in [0.2, 0.25) is 11.8 Å². The molecule has 6 saturated heterocycles. The topological polar surface area (TPSA) is 272 Å². The summed E-state index contributed by atoms with van der Waals surface area (Å²) in [7, 11) is 7.39. The summed E-state index contributed by atoms with van der Waals surface area (Å²) in [6.07, 6.45) is 15.7. The summed E-state index contributed by atoms with van der Waals surface area (Å²) in [6.45, 7) is 34.4. The van der Waals surface area contributed by atoms with E-state index in [1.54, 1.807) is 44.9 Å². The Kier molecular flexibility index (Phi) is 31.5. The second-order valence-electron chi connectivity index (χ2n) is 37.3. The Morgan fingerprint density at radius 3 is 1.05 bits per heavy atom. The maximum absolute atomic E-state index is 14.7. The standard InChI is InChI=1S/C33H44FN7O3.C32H42FN7O3.C31H39F2N7O2.3H2S/c1-22-17-27-25(8-10-35-27)30(23(22)2)41-11-9-26-28(19-41)36-32(44-20-24-18-33(3,34)21-38(24)4)37-31(26)40-14-12-39(13-15-40)29(42)7-6-16-43-5;1-21-16-26-24(7-9-34-26)29(22(21)2)40-10-8-25-27(18-40)35-31(43-19-23-17-32(3,33)20-37(23)4)36-30(25)39-13-11-38(12-14-39)28(42)6-5-15-41;1-19-14-25-23(6-8-34-25)27(20(19)2)40-9-7-24-26(16-40)35-30(42-17-22-15-31(4,33)18-37(22)5)36-28(24)38-10-12-39(13-11-38)29(41)21(3)32;;;/h6-8,10,17,24,35H,9,11-16,18-21H2,1-5H3;5-7,9,16,23,34,41H,8,10-15,17-20H2,1-4H3;6,8,14,22,34H,3,7,9-13,15-18H2,1-2,4-5H3;3*1H2/b7-6+;6-5+;;;;/t24-,33?;23-,32?;22-,31?;;;/m000.../s1. The number of hydrogen-bond acceptors (Lipinski definition) is 23. The lowest BCUT2D eigenvalue weighted by atomic mass is 9.99. The van der Waals surface area contributed by atoms with Crippen molar-refractivity contribution in [3.63, 3.8) is 0 Å². The number of benzene rings is 3. The molecule has 0 aliphatic carbocycles. The zero-order valence-corrected chi connectivity index (χ0v) is 81.4. The number of methoxy groups -OCH3 is 1. The number of likely N-dealkylation sites (tertiary alicyclic amines) is 3. The summed E-state index contributed by atoms with van der Waals surface area (Å²) < 4.78 is 81.2. The second-order valence-corrected chi connectivity index (χ2v) is 37.3. The van der Waals surface area contributed by atoms with Crippen molar-refractivity contribution in [1.29, 1.82) is 0 Å². The number of H-pyrrole nitrogens is 3. The fourth-order valence-corrected chi connectivity index (χ4v) is 20.5. The predicted molar refractivity (Wildman–Crippen MR) is 527 cm³/mol. The van der Waals surface area contributed by atoms with Crippen molar-refractivity contribution in [2.24, 2.45) is 0 Å². The van der Waals surface area contributed by atoms with E-state index >= 15 is 0 Å². The van der Waals surface area contributed by atoms with Crippen LogP contribution >= 0.6 is 40.5 Å². The largest absolute Gasteiger partial charge is 0.462 e. The Labute approximate surface area is 792 Å². The number of amides is 3. The normalized spacial score (nSPS) is 22.4. The number of piperazine rings is 3. The molecule has 6 atom stereocenters. The van der Waals surface area contributed by atoms with E-state index in [9.17, 15) is 31.9 Å². The number of aromatic nitrogens is 9. The van der Waals surface area contributed by atoms with Crippen LogP contribution < -0.4 is 43.6 Å². The molecule has 3 amide bonds. The highest BCUT2D eigenvalue weighted by Crippen LogP contribution is 2.44. The molecule has 0 radical (unpaired) electrons. The first kappa shape index (κ1) is 99.4. The van der Waals surface area contributed by atoms with Gasteiger partial charge in [0.15, 0.2) is 5.83 Å². The molecule has 714 valence electrons. The van der Waals surface area contributed by atoms with Gasteiger partial charge in [-0.05, 0) is 172 Å². The van der Waals surface area contributed by atoms with Crippen LogP contribution in [0.25, 0.3) is 32.7 Å². The number of likely N-dealkylation sites (N-methyl/N-ethyl adjacent to an activating group) is 3. The van der Waals surface area contributed by atoms with Crippen LogP contribution in [0.4, 0.5) is 52.1 Å². The van der Waals surface area contributed by atoms with Gasteiger partial charge in [-0.3, -0.25) is 29.1 Å². The van der Waals surface area contributed by atoms with E-state index in [0.29, 0.717) is 176 Å². The van der Waals surface area contributed by atoms with Crippen molar-refractivity contribution < 1.29 is 56.0 Å². The molecule has 9 aliphatic rings. The molecular formula is C96H131F4N21O8S3. The molecule has 132 heavy (non-hydrogen) atoms. The van der Waals surface area contributed by atoms with Gasteiger partial charge < -0.3 is 83.1 Å². The minimum Gasteiger partial charge on any atom is -0.462 e. The van der Waals surface area contributed by atoms with Gasteiger partial charge in [-0.15, -0.1) is 0 Å². The molecule has 29 nitrogen and oxygen atoms in total. The molecule has 0 bridgehead atoms. The SMILES string of the molecule is C=C(F)C(=O)N1CCN(c2nc(OC[C@@H]3CC(C)(F)CN3C)nc3c2CCN(c2c(C)c(C)cc4[nH]ccc24)C3)CC1.COC/C=C/C(=O)N1CCN(c2nc(OC[C@@H]3CC(C)(F)CN3C)nc3c2CCN(c2c(C)c(C)cc4[nH]ccc24)C3)CC1.Cc1cc2[nH]ccc2c(N2CCc3c(nc(OC[C@@H]4CC(C)(F)CN4C)nc3N3CCN(C(=O)/C=C/CO)CC3)C2)c1C.S.S.S. The molecule has 0 spiro atoms. The molecule has 0 saturated carbocycles. The van der Waals surface area contributed by atoms with Crippen LogP contribution in [0.15, 0.2) is 91.7 Å². The number of carbonyl (C=O) groups excluding carboxylic acids is 3. The Bertz CT molecular complexity index is 5710. The van der Waals surface area contributed by atoms with Crippen LogP contribution in [-0.2, 0) is 58.0 Å². The Morgan fingerprint density at radius 2 is 0.765 bits per heavy atom. The lowest BCUT2D eigenvalue weighted by Crippen LogP contribution is -2.49. The number of alkyl halides is 3. The zero-order valence-electron chi connectivity index (χ0n) is 78.4. The van der Waals surface area contributed by atoms with E-state index < -0.39 is 28.7 Å². The van der Waals surface area contributed by atoms with Gasteiger partial charge in [0, 0.05) is 260 Å². The van der Waals surface area contributed by atoms with Crippen LogP contribution in [0.2, 0.25) is 0 Å². The van der Waals surface area contributed by atoms with E-state index in [4.69, 9.17) is 54.0 Å². The summed E-state index contributed by atoms with van der Waals surface area (Å²) in [6, 6.07) is 13.8. The molecule has 9 aliphatic heterocycles. The maximum Gasteiger partial charge on any atom is 0.318 e. The van der Waals surface area contributed by atoms with E-state index in [1.807, 2.05) is 59.3 Å². The first-order valence-electron chi connectivity index (χ1n) is 45.4. The summed E-state index contributed by atoms with van der Waals surface area (Å²) in [5.41, 5.74) is 16.9. The fourth-order valence-electron chi connectivity index (χ4n) is 20.5. The van der Waals surface area contributed by atoms with Crippen molar-refractivity contribution in [1.82, 2.24) is 74.3 Å². The van der Waals surface area contributed by atoms with Crippen LogP contribution in [0.5, 0.6) is 18.0 Å². The van der Waals surface area contributed by atoms with Gasteiger partial charge in [-0.25, -0.2) is 17.6 Å². The molecule has 18 rings (SSSR count). The number of anilines is 6. The highest BCUT2D eigenvalue weighted by molar-refractivity contribution is 7.59. The number of ether oxygens (including phenoxy) is 4. The third kappa shape index (κ3) is 21.8. The highest BCUT2D eigenvalue weighted by atomic mass is 32.1. The Hall–Kier alpha value is -10.1. The number of aryl methyl sites for hydroxylation is 3. The average molecular weight is 1880 g/mol. The summed E-state index contributed by atoms with van der Waals surface area (Å²) in [5, 5.41) is 12.6. The Balaban J connectivity index is 0.000000166. The number of nitrogens with one attached hydrogen (secondary N) is 3. The number of aliphatic hydroxyl groups excluding tert-OH is 1. The highest BCUT2D eigenvalue weighted by Gasteiger charge is 2.44. The molecule has 9 aromatic rings. The van der Waals surface area contributed by atoms with Crippen molar-refractivity contribution in [2.45, 2.75) is 156 Å². The first-order chi connectivity index (χ1) is 61.8. The molecule has 36 heteroatoms. The van der Waals surface area contributed by atoms with Crippen molar-refractivity contribution in [3.05, 3.63) is 159 Å². The number of aromatic amines is 3. The molecule has 3 unspecified atom stereocenters. The number of rotatable bonds is 21. The molecular weight excluding hydrogens is 1750 g/mol. The Morgan fingerprint density at radius 1 is 0.462 bits per heavy atom. The smallest absolute Gasteiger partial charge is 0.318 e. The van der Waals surface area contributed by atoms with Crippen LogP contribution in [0.1, 0.15) is 107 Å². The second kappa shape index (κ2) is 41.8. The third-order valence-electron chi connectivity index (χ3n) is 27.6. The van der Waals surface area contributed by atoms with E-state index in [2.05, 4.69) is 129 Å². The van der Waals surface area contributed by atoms with Crippen LogP contribution in [0.3, 0.4) is 0 Å². The van der Waals surface area contributed by atoms with E-state index in [-0.39, 0.29) is 83.0 Å². The minimum atomic E-state index is -1.25. The van der Waals surface area contributed by atoms with Gasteiger partial charge in [0.25, 0.3) is 5.91 Å². The zero-order chi connectivity index (χ0) is 91.1. The monoisotopic (exact) mass is 1880 g/mol.